The second kappa shape index (κ2) is 15.0. The number of nitrogens with zero attached hydrogens (tertiary/aromatic N) is 2. The lowest BCUT2D eigenvalue weighted by molar-refractivity contribution is 0.590. The van der Waals surface area contributed by atoms with Crippen molar-refractivity contribution in [3.05, 3.63) is 186 Å². The highest BCUT2D eigenvalue weighted by Crippen LogP contribution is 2.48. The third kappa shape index (κ3) is 6.33. The Labute approximate surface area is 436 Å². The van der Waals surface area contributed by atoms with Crippen molar-refractivity contribution in [1.29, 1.82) is 0 Å². The number of benzene rings is 9. The molecule has 74 heavy (non-hydrogen) atoms. The molecule has 5 heterocycles. The SMILES string of the molecule is CC(C)(C)c1ccc2c(c1)c1cc(C(C)(C)C)cc3c1n2-c1cc2[nH]c4c(-c5ccccc5-c5ccccc5-c5ccccc5)cccc4c2c2c1B3c1cc(C(C)(C)C)cc3c4cc(C(C)(C)C)ccc4n-2c13. The van der Waals surface area contributed by atoms with Crippen molar-refractivity contribution in [2.45, 2.75) is 105 Å². The van der Waals surface area contributed by atoms with Crippen LogP contribution in [-0.2, 0) is 21.7 Å². The Bertz CT molecular complexity index is 4390. The van der Waals surface area contributed by atoms with Gasteiger partial charge in [0.1, 0.15) is 0 Å². The zero-order valence-electron chi connectivity index (χ0n) is 45.1. The molecule has 0 amide bonds. The van der Waals surface area contributed by atoms with E-state index in [0.29, 0.717) is 0 Å². The molecule has 12 aromatic rings. The normalized spacial score (nSPS) is 13.6. The molecule has 0 saturated carbocycles. The van der Waals surface area contributed by atoms with E-state index < -0.39 is 0 Å². The number of fused-ring (bicyclic) bond motifs is 14. The monoisotopic (exact) mass is 958 g/mol. The Morgan fingerprint density at radius 2 is 0.838 bits per heavy atom. The smallest absolute Gasteiger partial charge is 0.252 e. The van der Waals surface area contributed by atoms with Crippen molar-refractivity contribution in [2.75, 3.05) is 0 Å². The Kier molecular flexibility index (Phi) is 9.16. The van der Waals surface area contributed by atoms with Gasteiger partial charge in [-0.3, -0.25) is 0 Å². The van der Waals surface area contributed by atoms with Gasteiger partial charge in [0, 0.05) is 54.6 Å². The number of para-hydroxylation sites is 1. The van der Waals surface area contributed by atoms with Crippen LogP contribution in [0, 0.1) is 0 Å². The Morgan fingerprint density at radius 1 is 0.378 bits per heavy atom. The molecule has 2 aliphatic rings. The molecule has 14 rings (SSSR count). The van der Waals surface area contributed by atoms with Gasteiger partial charge in [-0.1, -0.05) is 204 Å². The minimum atomic E-state index is -0.0749. The topological polar surface area (TPSA) is 25.6 Å². The van der Waals surface area contributed by atoms with Crippen LogP contribution in [0.4, 0.5) is 0 Å². The first kappa shape index (κ1) is 45.1. The van der Waals surface area contributed by atoms with Crippen LogP contribution in [0.25, 0.3) is 110 Å². The Morgan fingerprint density at radius 3 is 1.39 bits per heavy atom. The first-order valence-corrected chi connectivity index (χ1v) is 26.9. The van der Waals surface area contributed by atoms with Gasteiger partial charge in [-0.2, -0.15) is 0 Å². The van der Waals surface area contributed by atoms with Crippen molar-refractivity contribution in [3.8, 4) is 44.8 Å². The minimum Gasteiger partial charge on any atom is -0.354 e. The lowest BCUT2D eigenvalue weighted by Crippen LogP contribution is -2.59. The van der Waals surface area contributed by atoms with E-state index in [1.165, 1.54) is 138 Å². The van der Waals surface area contributed by atoms with Crippen LogP contribution in [0.3, 0.4) is 0 Å². The first-order valence-electron chi connectivity index (χ1n) is 26.9. The molecule has 3 aromatic heterocycles. The molecule has 0 fully saturated rings. The minimum absolute atomic E-state index is 0.00327. The van der Waals surface area contributed by atoms with E-state index in [1.54, 1.807) is 0 Å². The molecular formula is C70H64BN3. The van der Waals surface area contributed by atoms with Crippen LogP contribution in [-0.4, -0.2) is 20.8 Å². The summed E-state index contributed by atoms with van der Waals surface area (Å²) in [5.74, 6) is 0. The number of nitrogens with one attached hydrogen (secondary N) is 1. The lowest BCUT2D eigenvalue weighted by Gasteiger charge is -2.36. The van der Waals surface area contributed by atoms with Crippen LogP contribution in [0.1, 0.15) is 105 Å². The second-order valence-corrected chi connectivity index (χ2v) is 25.9. The van der Waals surface area contributed by atoms with Crippen molar-refractivity contribution in [2.24, 2.45) is 0 Å². The fourth-order valence-electron chi connectivity index (χ4n) is 13.1. The fourth-order valence-corrected chi connectivity index (χ4v) is 13.1. The number of aromatic amines is 1. The number of H-pyrrole nitrogens is 1. The summed E-state index contributed by atoms with van der Waals surface area (Å²) in [6.07, 6.45) is 0. The molecule has 9 aromatic carbocycles. The molecule has 2 aliphatic heterocycles. The lowest BCUT2D eigenvalue weighted by atomic mass is 9.33. The van der Waals surface area contributed by atoms with E-state index in [1.807, 2.05) is 0 Å². The van der Waals surface area contributed by atoms with Gasteiger partial charge in [0.2, 0.25) is 0 Å². The largest absolute Gasteiger partial charge is 0.354 e. The molecule has 362 valence electrons. The van der Waals surface area contributed by atoms with E-state index in [0.717, 1.165) is 11.0 Å². The van der Waals surface area contributed by atoms with Crippen LogP contribution in [0.5, 0.6) is 0 Å². The number of rotatable bonds is 3. The average molecular weight is 958 g/mol. The van der Waals surface area contributed by atoms with Crippen LogP contribution >= 0.6 is 0 Å². The number of hydrogen-bond donors (Lipinski definition) is 1. The molecule has 1 N–H and O–H groups in total. The van der Waals surface area contributed by atoms with E-state index >= 15 is 0 Å². The van der Waals surface area contributed by atoms with Crippen LogP contribution < -0.4 is 16.4 Å². The maximum absolute atomic E-state index is 4.22. The summed E-state index contributed by atoms with van der Waals surface area (Å²) >= 11 is 0. The molecule has 0 spiro atoms. The molecule has 0 unspecified atom stereocenters. The zero-order valence-corrected chi connectivity index (χ0v) is 45.1. The number of aromatic nitrogens is 3. The van der Waals surface area contributed by atoms with E-state index in [4.69, 9.17) is 0 Å². The second-order valence-electron chi connectivity index (χ2n) is 25.9. The van der Waals surface area contributed by atoms with Gasteiger partial charge >= 0.3 is 0 Å². The van der Waals surface area contributed by atoms with E-state index in [2.05, 4.69) is 261 Å². The van der Waals surface area contributed by atoms with Crippen molar-refractivity contribution in [3.63, 3.8) is 0 Å². The standard InChI is InChI=1S/C70H64BN3/c1-67(2,3)41-29-31-58-51(33-41)53-35-43(69(7,8)9)37-55-64(53)73(58)60-39-57-61(50-28-20-27-49(63(50)72-57)48-26-19-18-25-47(48)46-24-17-16-23-45(46)40-21-14-13-15-22-40)66-62(60)71(55)56-38-44(70(10,11)12)36-54-52-34-42(68(4,5)6)30-32-59(52)74(66)65(54)56/h13-39,72H,1-12H3. The van der Waals surface area contributed by atoms with Gasteiger partial charge in [0.15, 0.2) is 0 Å². The zero-order chi connectivity index (χ0) is 51.1. The van der Waals surface area contributed by atoms with Crippen LogP contribution in [0.15, 0.2) is 164 Å². The molecule has 0 aliphatic carbocycles. The average Bonchev–Trinajstić information content (AvgIpc) is 4.03. The van der Waals surface area contributed by atoms with Gasteiger partial charge in [-0.15, -0.1) is 0 Å². The molecule has 0 bridgehead atoms. The van der Waals surface area contributed by atoms with Gasteiger partial charge in [-0.05, 0) is 131 Å². The summed E-state index contributed by atoms with van der Waals surface area (Å²) in [6.45, 7) is 28.4. The molecule has 4 heteroatoms. The van der Waals surface area contributed by atoms with Gasteiger partial charge in [0.25, 0.3) is 6.71 Å². The third-order valence-electron chi connectivity index (χ3n) is 17.1. The Balaban J connectivity index is 1.17. The highest BCUT2D eigenvalue weighted by atomic mass is 15.0. The fraction of sp³-hybridized carbons (Fsp3) is 0.229. The highest BCUT2D eigenvalue weighted by Gasteiger charge is 2.44. The van der Waals surface area contributed by atoms with E-state index in [9.17, 15) is 0 Å². The maximum atomic E-state index is 4.22. The van der Waals surface area contributed by atoms with Gasteiger partial charge < -0.3 is 14.1 Å². The predicted molar refractivity (Wildman–Crippen MR) is 320 cm³/mol. The summed E-state index contributed by atoms with van der Waals surface area (Å²) < 4.78 is 5.37. The van der Waals surface area contributed by atoms with Crippen molar-refractivity contribution < 1.29 is 0 Å². The quantitative estimate of drug-likeness (QED) is 0.171. The van der Waals surface area contributed by atoms with Crippen molar-refractivity contribution >= 4 is 88.5 Å². The Hall–Kier alpha value is -7.56. The van der Waals surface area contributed by atoms with Gasteiger partial charge in [0.05, 0.1) is 27.8 Å². The third-order valence-corrected chi connectivity index (χ3v) is 17.1. The highest BCUT2D eigenvalue weighted by molar-refractivity contribution is 7.00. The summed E-state index contributed by atoms with van der Waals surface area (Å²) in [5.41, 5.74) is 26.8. The van der Waals surface area contributed by atoms with Gasteiger partial charge in [-0.25, -0.2) is 0 Å². The van der Waals surface area contributed by atoms with Crippen LogP contribution in [0.2, 0.25) is 0 Å². The molecular weight excluding hydrogens is 894 g/mol. The summed E-state index contributed by atoms with van der Waals surface area (Å²) in [4.78, 5) is 4.22. The van der Waals surface area contributed by atoms with E-state index in [-0.39, 0.29) is 28.4 Å². The molecule has 0 saturated heterocycles. The van der Waals surface area contributed by atoms with Crippen molar-refractivity contribution in [1.82, 2.24) is 14.1 Å². The molecule has 3 nitrogen and oxygen atoms in total. The molecule has 0 radical (unpaired) electrons. The predicted octanol–water partition coefficient (Wildman–Crippen LogP) is 16.8. The summed E-state index contributed by atoms with van der Waals surface area (Å²) in [7, 11) is 0. The summed E-state index contributed by atoms with van der Waals surface area (Å²) in [6, 6.07) is 63.2. The maximum Gasteiger partial charge on any atom is 0.252 e. The molecule has 0 atom stereocenters. The number of hydrogen-bond acceptors (Lipinski definition) is 0. The first-order chi connectivity index (χ1) is 35.3. The summed E-state index contributed by atoms with van der Waals surface area (Å²) in [5, 5.41) is 7.85.